The summed E-state index contributed by atoms with van der Waals surface area (Å²) in [6.45, 7) is 6.89. The number of hydrogen-bond acceptors (Lipinski definition) is 0. The molecular formula is C14H18P. The minimum atomic E-state index is 0.0651. The van der Waals surface area contributed by atoms with Crippen LogP contribution in [0.1, 0.15) is 20.8 Å². The lowest BCUT2D eigenvalue weighted by atomic mass is 9.92. The van der Waals surface area contributed by atoms with Gasteiger partial charge in [0.25, 0.3) is 0 Å². The first-order valence-corrected chi connectivity index (χ1v) is 7.39. The molecular weight excluding hydrogens is 199 g/mol. The molecule has 0 aliphatic heterocycles. The first-order chi connectivity index (χ1) is 7.27. The van der Waals surface area contributed by atoms with E-state index >= 15 is 0 Å². The quantitative estimate of drug-likeness (QED) is 0.623. The SMILES string of the molecule is CCP(CC)[C]1[C](C)[CH][C]2C=CC=C[C]21. The number of rotatable bonds is 3. The van der Waals surface area contributed by atoms with Crippen LogP contribution in [-0.2, 0) is 0 Å². The van der Waals surface area contributed by atoms with Crippen LogP contribution >= 0.6 is 7.92 Å². The summed E-state index contributed by atoms with van der Waals surface area (Å²) in [5.41, 5.74) is 1.64. The zero-order valence-electron chi connectivity index (χ0n) is 9.75. The molecule has 0 aromatic heterocycles. The molecule has 0 saturated heterocycles. The predicted octanol–water partition coefficient (Wildman–Crippen LogP) is 4.13. The van der Waals surface area contributed by atoms with Crippen LogP contribution in [0, 0.1) is 29.8 Å². The summed E-state index contributed by atoms with van der Waals surface area (Å²) in [4.78, 5) is 0. The molecule has 0 nitrogen and oxygen atoms in total. The molecule has 0 atom stereocenters. The van der Waals surface area contributed by atoms with Crippen LogP contribution in [0.25, 0.3) is 0 Å². The van der Waals surface area contributed by atoms with Gasteiger partial charge in [-0.2, -0.15) is 0 Å². The van der Waals surface area contributed by atoms with E-state index in [2.05, 4.69) is 51.5 Å². The fraction of sp³-hybridized carbons (Fsp3) is 0.357. The molecule has 1 saturated carbocycles. The van der Waals surface area contributed by atoms with Crippen molar-refractivity contribution < 1.29 is 0 Å². The maximum atomic E-state index is 2.34. The molecule has 0 aromatic carbocycles. The number of hydrogen-bond donors (Lipinski definition) is 0. The van der Waals surface area contributed by atoms with Gasteiger partial charge in [-0.25, -0.2) is 0 Å². The lowest BCUT2D eigenvalue weighted by molar-refractivity contribution is 1.15. The van der Waals surface area contributed by atoms with Gasteiger partial charge in [-0.15, -0.1) is 0 Å². The standard InChI is InChI=1S/C14H18P/c1-4-15(5-2)14-11(3)10-12-8-6-7-9-13(12)14/h6-10H,4-5H2,1-3H3. The minimum absolute atomic E-state index is 0.0651. The van der Waals surface area contributed by atoms with Crippen LogP contribution in [0.4, 0.5) is 0 Å². The lowest BCUT2D eigenvalue weighted by Crippen LogP contribution is -2.10. The third-order valence-electron chi connectivity index (χ3n) is 3.04. The smallest absolute Gasteiger partial charge is 0.0207 e. The molecule has 1 fully saturated rings. The van der Waals surface area contributed by atoms with Crippen molar-refractivity contribution in [2.45, 2.75) is 20.8 Å². The normalized spacial score (nSPS) is 24.3. The number of fused-ring (bicyclic) bond motifs is 1. The first kappa shape index (κ1) is 11.4. The molecule has 0 N–H and O–H groups in total. The monoisotopic (exact) mass is 217 g/mol. The van der Waals surface area contributed by atoms with Crippen molar-refractivity contribution in [3.63, 3.8) is 0 Å². The Hall–Kier alpha value is -0.0900. The Morgan fingerprint density at radius 3 is 2.40 bits per heavy atom. The third kappa shape index (κ3) is 2.07. The van der Waals surface area contributed by atoms with Crippen molar-refractivity contribution in [1.82, 2.24) is 0 Å². The summed E-state index contributed by atoms with van der Waals surface area (Å²) >= 11 is 0. The summed E-state index contributed by atoms with van der Waals surface area (Å²) < 4.78 is 0. The molecule has 1 heteroatoms. The summed E-state index contributed by atoms with van der Waals surface area (Å²) in [5, 5.41) is 0. The van der Waals surface area contributed by atoms with E-state index < -0.39 is 0 Å². The lowest BCUT2D eigenvalue weighted by Gasteiger charge is -2.29. The van der Waals surface area contributed by atoms with Gasteiger partial charge in [-0.05, 0) is 24.7 Å². The second-order valence-corrected chi connectivity index (χ2v) is 6.73. The van der Waals surface area contributed by atoms with Gasteiger partial charge in [-0.1, -0.05) is 53.0 Å². The van der Waals surface area contributed by atoms with Gasteiger partial charge in [-0.3, -0.25) is 0 Å². The van der Waals surface area contributed by atoms with Gasteiger partial charge >= 0.3 is 0 Å². The summed E-state index contributed by atoms with van der Waals surface area (Å²) in [7, 11) is 0.0651. The van der Waals surface area contributed by atoms with E-state index in [4.69, 9.17) is 0 Å². The van der Waals surface area contributed by atoms with Gasteiger partial charge < -0.3 is 0 Å². The largest absolute Gasteiger partial charge is 0.0984 e. The molecule has 0 heterocycles. The van der Waals surface area contributed by atoms with E-state index in [0.29, 0.717) is 0 Å². The zero-order valence-corrected chi connectivity index (χ0v) is 10.6. The highest BCUT2D eigenvalue weighted by Crippen LogP contribution is 2.64. The third-order valence-corrected chi connectivity index (χ3v) is 5.79. The Kier molecular flexibility index (Phi) is 3.67. The molecule has 15 heavy (non-hydrogen) atoms. The van der Waals surface area contributed by atoms with Crippen molar-refractivity contribution in [3.05, 3.63) is 54.1 Å². The second kappa shape index (κ2) is 4.83. The second-order valence-electron chi connectivity index (χ2n) is 3.94. The maximum absolute atomic E-state index is 2.34. The average Bonchev–Trinajstić information content (AvgIpc) is 2.58. The molecule has 0 unspecified atom stereocenters. The van der Waals surface area contributed by atoms with E-state index in [9.17, 15) is 0 Å². The Morgan fingerprint density at radius 1 is 1.07 bits per heavy atom. The van der Waals surface area contributed by atoms with Gasteiger partial charge in [0.2, 0.25) is 0 Å². The summed E-state index contributed by atoms with van der Waals surface area (Å²) in [5.74, 6) is 4.40. The van der Waals surface area contributed by atoms with E-state index in [1.807, 2.05) is 0 Å². The van der Waals surface area contributed by atoms with Crippen molar-refractivity contribution in [2.24, 2.45) is 0 Å². The van der Waals surface area contributed by atoms with E-state index in [0.717, 1.165) is 0 Å². The van der Waals surface area contributed by atoms with Crippen LogP contribution in [0.5, 0.6) is 0 Å². The first-order valence-electron chi connectivity index (χ1n) is 5.67. The van der Waals surface area contributed by atoms with Crippen LogP contribution in [0.3, 0.4) is 0 Å². The predicted molar refractivity (Wildman–Crippen MR) is 69.2 cm³/mol. The Balaban J connectivity index is 2.16. The number of allylic oxidation sites excluding steroid dienone is 4. The Bertz CT molecular complexity index is 263. The zero-order chi connectivity index (χ0) is 10.8. The summed E-state index contributed by atoms with van der Waals surface area (Å²) in [6.07, 6.45) is 13.7. The Morgan fingerprint density at radius 2 is 1.73 bits per heavy atom. The molecule has 0 aromatic rings. The molecule has 2 rings (SSSR count). The van der Waals surface area contributed by atoms with Gasteiger partial charge in [0, 0.05) is 17.5 Å². The van der Waals surface area contributed by atoms with Gasteiger partial charge in [0.05, 0.1) is 0 Å². The highest BCUT2D eigenvalue weighted by atomic mass is 31.1. The van der Waals surface area contributed by atoms with Crippen molar-refractivity contribution in [1.29, 1.82) is 0 Å². The van der Waals surface area contributed by atoms with E-state index in [-0.39, 0.29) is 7.92 Å². The summed E-state index contributed by atoms with van der Waals surface area (Å²) in [6, 6.07) is 0. The van der Waals surface area contributed by atoms with Gasteiger partial charge in [0.1, 0.15) is 0 Å². The molecule has 0 bridgehead atoms. The van der Waals surface area contributed by atoms with Crippen molar-refractivity contribution in [3.8, 4) is 0 Å². The van der Waals surface area contributed by atoms with Crippen LogP contribution in [0.2, 0.25) is 0 Å². The van der Waals surface area contributed by atoms with Crippen molar-refractivity contribution >= 4 is 7.92 Å². The maximum Gasteiger partial charge on any atom is 0.0207 e. The Labute approximate surface area is 95.6 Å². The molecule has 5 radical (unpaired) electrons. The fourth-order valence-electron chi connectivity index (χ4n) is 2.31. The molecule has 2 aliphatic rings. The topological polar surface area (TPSA) is 0 Å². The molecule has 0 spiro atoms. The van der Waals surface area contributed by atoms with Crippen LogP contribution in [0.15, 0.2) is 24.3 Å². The van der Waals surface area contributed by atoms with Crippen LogP contribution < -0.4 is 0 Å². The van der Waals surface area contributed by atoms with E-state index in [1.54, 1.807) is 5.66 Å². The highest BCUT2D eigenvalue weighted by molar-refractivity contribution is 7.61. The fourth-order valence-corrected chi connectivity index (χ4v) is 4.50. The molecule has 2 aliphatic carbocycles. The van der Waals surface area contributed by atoms with Crippen LogP contribution in [-0.4, -0.2) is 12.3 Å². The average molecular weight is 217 g/mol. The van der Waals surface area contributed by atoms with Gasteiger partial charge in [0.15, 0.2) is 0 Å². The highest BCUT2D eigenvalue weighted by Gasteiger charge is 2.43. The van der Waals surface area contributed by atoms with E-state index in [1.165, 1.54) is 30.1 Å². The van der Waals surface area contributed by atoms with Crippen molar-refractivity contribution in [2.75, 3.05) is 12.3 Å². The molecule has 0 amide bonds. The molecule has 79 valence electrons. The minimum Gasteiger partial charge on any atom is -0.0984 e.